The summed E-state index contributed by atoms with van der Waals surface area (Å²) in [7, 11) is 0. The Morgan fingerprint density at radius 1 is 1.18 bits per heavy atom. The van der Waals surface area contributed by atoms with E-state index in [0.717, 1.165) is 25.5 Å². The number of nitrogens with zero attached hydrogens (tertiary/aromatic N) is 2. The number of alkyl carbamates (subject to hydrolysis) is 2. The Morgan fingerprint density at radius 3 is 2.60 bits per heavy atom. The highest BCUT2D eigenvalue weighted by molar-refractivity contribution is 5.92. The standard InChI is InChI=1S/C31H44FN5O8/c1-18(22-13-12-20(32)16-33-22)34-28(42)44-21-14-24-25(38)36-31(27(40)41)15-19(31)10-8-6-5-7-9-11-23(26(39)37(24)17-21)35-29(43)45-30(2,3)4/h8,10,12-13,16,18-19,21,23-24,27,40-41H,5-7,9,11,14-15,17H2,1-4H3,(H,34,42)(H,35,43)(H,36,38)/b10-8-/t18-,19+,21+,23?,24-,31+/m0/s1. The van der Waals surface area contributed by atoms with Crippen LogP contribution in [0.4, 0.5) is 14.0 Å². The van der Waals surface area contributed by atoms with Crippen molar-refractivity contribution in [1.29, 1.82) is 0 Å². The summed E-state index contributed by atoms with van der Waals surface area (Å²) in [6.07, 6.45) is 4.02. The molecule has 0 radical (unpaired) electrons. The molecule has 1 aromatic rings. The maximum atomic E-state index is 14.0. The first kappa shape index (κ1) is 34.1. The van der Waals surface area contributed by atoms with Gasteiger partial charge in [0.2, 0.25) is 11.8 Å². The number of rotatable bonds is 5. The molecule has 14 heteroatoms. The Balaban J connectivity index is 1.55. The Hall–Kier alpha value is -3.78. The fraction of sp³-hybridized carbons (Fsp3) is 0.645. The zero-order valence-corrected chi connectivity index (χ0v) is 26.1. The van der Waals surface area contributed by atoms with Gasteiger partial charge in [0.15, 0.2) is 6.29 Å². The maximum Gasteiger partial charge on any atom is 0.408 e. The third-order valence-electron chi connectivity index (χ3n) is 8.25. The molecule has 3 aliphatic rings. The van der Waals surface area contributed by atoms with E-state index in [1.165, 1.54) is 17.0 Å². The molecular formula is C31H44FN5O8. The summed E-state index contributed by atoms with van der Waals surface area (Å²) in [5.41, 5.74) is -1.70. The minimum Gasteiger partial charge on any atom is -0.444 e. The second-order valence-electron chi connectivity index (χ2n) is 13.0. The van der Waals surface area contributed by atoms with Gasteiger partial charge >= 0.3 is 12.2 Å². The molecule has 45 heavy (non-hydrogen) atoms. The number of fused-ring (bicyclic) bond motifs is 2. The van der Waals surface area contributed by atoms with Gasteiger partial charge in [-0.25, -0.2) is 14.0 Å². The molecule has 1 aliphatic carbocycles. The molecular weight excluding hydrogens is 589 g/mol. The van der Waals surface area contributed by atoms with Crippen molar-refractivity contribution in [1.82, 2.24) is 25.8 Å². The van der Waals surface area contributed by atoms with Crippen LogP contribution in [-0.2, 0) is 19.1 Å². The molecule has 1 aromatic heterocycles. The Bertz CT molecular complexity index is 1270. The SMILES string of the molecule is C[C@H](NC(=O)O[C@@H]1C[C@H]2C(=O)N[C@]3(C(O)O)C[C@H]3/C=C\CCCCCC(NC(=O)OC(C)(C)C)C(=O)N2C1)c1ccc(F)cn1. The lowest BCUT2D eigenvalue weighted by Crippen LogP contribution is -2.57. The van der Waals surface area contributed by atoms with Crippen LogP contribution in [-0.4, -0.2) is 86.3 Å². The predicted octanol–water partition coefficient (Wildman–Crippen LogP) is 2.58. The summed E-state index contributed by atoms with van der Waals surface area (Å²) in [5.74, 6) is -1.99. The molecule has 4 rings (SSSR count). The minimum atomic E-state index is -1.83. The lowest BCUT2D eigenvalue weighted by Gasteiger charge is -2.31. The normalized spacial score (nSPS) is 28.8. The van der Waals surface area contributed by atoms with Gasteiger partial charge in [0, 0.05) is 12.3 Å². The van der Waals surface area contributed by atoms with E-state index in [2.05, 4.69) is 20.9 Å². The molecule has 13 nitrogen and oxygen atoms in total. The number of aliphatic hydroxyl groups excluding tert-OH is 1. The van der Waals surface area contributed by atoms with E-state index in [9.17, 15) is 33.8 Å². The summed E-state index contributed by atoms with van der Waals surface area (Å²) in [6.45, 7) is 6.61. The minimum absolute atomic E-state index is 0.0640. The van der Waals surface area contributed by atoms with Crippen LogP contribution in [0.2, 0.25) is 0 Å². The van der Waals surface area contributed by atoms with Crippen LogP contribution < -0.4 is 16.0 Å². The molecule has 1 saturated carbocycles. The fourth-order valence-corrected chi connectivity index (χ4v) is 5.77. The van der Waals surface area contributed by atoms with Crippen molar-refractivity contribution >= 4 is 24.0 Å². The Labute approximate surface area is 261 Å². The number of ether oxygens (including phenoxy) is 2. The Kier molecular flexibility index (Phi) is 10.7. The number of aromatic nitrogens is 1. The van der Waals surface area contributed by atoms with Gasteiger partial charge in [-0.15, -0.1) is 0 Å². The molecule has 0 bridgehead atoms. The highest BCUT2D eigenvalue weighted by Gasteiger charge is 2.60. The number of carbonyl (C=O) groups excluding carboxylic acids is 4. The first-order valence-electron chi connectivity index (χ1n) is 15.4. The average molecular weight is 634 g/mol. The van der Waals surface area contributed by atoms with Gasteiger partial charge in [-0.2, -0.15) is 0 Å². The molecule has 5 N–H and O–H groups in total. The topological polar surface area (TPSA) is 179 Å². The molecule has 1 saturated heterocycles. The number of halogens is 1. The number of nitrogens with one attached hydrogen (secondary N) is 3. The first-order chi connectivity index (χ1) is 21.2. The van der Waals surface area contributed by atoms with Gasteiger partial charge in [0.1, 0.15) is 29.6 Å². The van der Waals surface area contributed by atoms with E-state index in [1.54, 1.807) is 27.7 Å². The third kappa shape index (κ3) is 8.91. The van der Waals surface area contributed by atoms with Gasteiger partial charge < -0.3 is 40.5 Å². The van der Waals surface area contributed by atoms with E-state index in [4.69, 9.17) is 9.47 Å². The van der Waals surface area contributed by atoms with Crippen LogP contribution in [0.15, 0.2) is 30.5 Å². The summed E-state index contributed by atoms with van der Waals surface area (Å²) in [4.78, 5) is 58.5. The molecule has 0 spiro atoms. The smallest absolute Gasteiger partial charge is 0.408 e. The van der Waals surface area contributed by atoms with Gasteiger partial charge in [0.05, 0.1) is 30.0 Å². The van der Waals surface area contributed by atoms with Crippen LogP contribution in [0, 0.1) is 11.7 Å². The third-order valence-corrected chi connectivity index (χ3v) is 8.25. The summed E-state index contributed by atoms with van der Waals surface area (Å²) in [5, 5.41) is 28.4. The number of carbonyl (C=O) groups is 4. The number of pyridine rings is 1. The van der Waals surface area contributed by atoms with Crippen molar-refractivity contribution in [2.45, 2.75) is 114 Å². The monoisotopic (exact) mass is 633 g/mol. The van der Waals surface area contributed by atoms with E-state index < -0.39 is 71.5 Å². The first-order valence-corrected chi connectivity index (χ1v) is 15.4. The highest BCUT2D eigenvalue weighted by Crippen LogP contribution is 2.47. The maximum absolute atomic E-state index is 14.0. The molecule has 248 valence electrons. The number of hydrogen-bond donors (Lipinski definition) is 5. The van der Waals surface area contributed by atoms with Crippen molar-refractivity contribution < 1.29 is 43.3 Å². The number of hydrogen-bond acceptors (Lipinski definition) is 9. The molecule has 3 heterocycles. The lowest BCUT2D eigenvalue weighted by atomic mass is 10.0. The largest absolute Gasteiger partial charge is 0.444 e. The summed E-state index contributed by atoms with van der Waals surface area (Å²) in [6, 6.07) is -0.113. The second kappa shape index (κ2) is 14.1. The lowest BCUT2D eigenvalue weighted by molar-refractivity contribution is -0.142. The van der Waals surface area contributed by atoms with Gasteiger partial charge in [-0.05, 0) is 65.5 Å². The van der Waals surface area contributed by atoms with Gasteiger partial charge in [-0.3, -0.25) is 14.6 Å². The Morgan fingerprint density at radius 2 is 1.93 bits per heavy atom. The molecule has 2 fully saturated rings. The number of allylic oxidation sites excluding steroid dienone is 1. The van der Waals surface area contributed by atoms with Crippen LogP contribution in [0.25, 0.3) is 0 Å². The van der Waals surface area contributed by atoms with Crippen molar-refractivity contribution in [3.63, 3.8) is 0 Å². The molecule has 4 amide bonds. The molecule has 6 atom stereocenters. The van der Waals surface area contributed by atoms with Crippen molar-refractivity contribution in [2.75, 3.05) is 6.54 Å². The van der Waals surface area contributed by atoms with Gasteiger partial charge in [-0.1, -0.05) is 25.0 Å². The average Bonchev–Trinajstić information content (AvgIpc) is 3.48. The van der Waals surface area contributed by atoms with E-state index in [1.807, 2.05) is 12.2 Å². The number of aliphatic hydroxyl groups is 2. The second-order valence-corrected chi connectivity index (χ2v) is 13.0. The summed E-state index contributed by atoms with van der Waals surface area (Å²) < 4.78 is 24.3. The molecule has 1 unspecified atom stereocenters. The number of amides is 4. The predicted molar refractivity (Wildman–Crippen MR) is 159 cm³/mol. The quantitative estimate of drug-likeness (QED) is 0.241. The van der Waals surface area contributed by atoms with Crippen LogP contribution in [0.5, 0.6) is 0 Å². The molecule has 0 aromatic carbocycles. The van der Waals surface area contributed by atoms with Crippen LogP contribution in [0.1, 0.15) is 84.4 Å². The van der Waals surface area contributed by atoms with Crippen molar-refractivity contribution in [3.05, 3.63) is 42.0 Å². The fourth-order valence-electron chi connectivity index (χ4n) is 5.77. The van der Waals surface area contributed by atoms with Gasteiger partial charge in [0.25, 0.3) is 0 Å². The highest BCUT2D eigenvalue weighted by atomic mass is 19.1. The van der Waals surface area contributed by atoms with E-state index >= 15 is 0 Å². The van der Waals surface area contributed by atoms with E-state index in [0.29, 0.717) is 25.0 Å². The molecule has 2 aliphatic heterocycles. The van der Waals surface area contributed by atoms with E-state index in [-0.39, 0.29) is 18.9 Å². The van der Waals surface area contributed by atoms with Crippen LogP contribution >= 0.6 is 0 Å². The van der Waals surface area contributed by atoms with Crippen molar-refractivity contribution in [3.8, 4) is 0 Å². The van der Waals surface area contributed by atoms with Crippen LogP contribution in [0.3, 0.4) is 0 Å². The summed E-state index contributed by atoms with van der Waals surface area (Å²) >= 11 is 0. The zero-order chi connectivity index (χ0) is 32.9. The van der Waals surface area contributed by atoms with Crippen molar-refractivity contribution in [2.24, 2.45) is 5.92 Å². The zero-order valence-electron chi connectivity index (χ0n) is 26.1.